The van der Waals surface area contributed by atoms with Gasteiger partial charge in [-0.3, -0.25) is 42.3 Å². The Morgan fingerprint density at radius 1 is 0.912 bits per heavy atom. The second-order valence-corrected chi connectivity index (χ2v) is 18.1. The smallest absolute Gasteiger partial charge is 0.449 e. The summed E-state index contributed by atoms with van der Waals surface area (Å²) in [5.74, 6) is 2.10. The third kappa shape index (κ3) is 10.7. The number of phosphoric acid groups is 3. The minimum atomic E-state index is -4.95. The van der Waals surface area contributed by atoms with Crippen LogP contribution in [-0.4, -0.2) is 95.4 Å². The first kappa shape index (κ1) is 44.1. The molecule has 20 nitrogen and oxygen atoms in total. The third-order valence-electron chi connectivity index (χ3n) is 8.77. The summed E-state index contributed by atoms with van der Waals surface area (Å²) in [4.78, 5) is 49.7. The number of aliphatic hydroxyl groups is 1. The number of ether oxygens (including phenoxy) is 2. The largest absolute Gasteiger partial charge is 0.492 e. The van der Waals surface area contributed by atoms with Crippen molar-refractivity contribution in [2.24, 2.45) is 5.92 Å². The number of hydrogen-bond donors (Lipinski definition) is 4. The predicted octanol–water partition coefficient (Wildman–Crippen LogP) is 4.16. The van der Waals surface area contributed by atoms with Crippen LogP contribution in [0.4, 0.5) is 10.5 Å². The van der Waals surface area contributed by atoms with Gasteiger partial charge in [0.05, 0.1) is 36.9 Å². The van der Waals surface area contributed by atoms with Crippen LogP contribution in [-0.2, 0) is 68.8 Å². The quantitative estimate of drug-likeness (QED) is 0.105. The lowest BCUT2D eigenvalue weighted by Gasteiger charge is -2.25. The number of carbonyl (C=O) groups is 4. The molecule has 7 atom stereocenters. The van der Waals surface area contributed by atoms with Gasteiger partial charge in [0.2, 0.25) is 11.8 Å². The highest BCUT2D eigenvalue weighted by molar-refractivity contribution is 7.67. The molecule has 0 spiro atoms. The van der Waals surface area contributed by atoms with Gasteiger partial charge in [0, 0.05) is 53.4 Å². The van der Waals surface area contributed by atoms with E-state index in [0.717, 1.165) is 50.7 Å². The molecule has 0 saturated carbocycles. The first-order valence-electron chi connectivity index (χ1n) is 17.0. The molecule has 4 amide bonds. The fourth-order valence-electron chi connectivity index (χ4n) is 6.09. The number of nitrogens with one attached hydrogen (secondary N) is 3. The molecule has 23 heteroatoms. The average Bonchev–Trinajstić information content (AvgIpc) is 3.71. The van der Waals surface area contributed by atoms with Crippen LogP contribution in [0.3, 0.4) is 0 Å². The van der Waals surface area contributed by atoms with E-state index in [1.165, 1.54) is 13.0 Å². The number of fused-ring (bicyclic) bond motifs is 3. The number of hydrogen-bond acceptors (Lipinski definition) is 17. The van der Waals surface area contributed by atoms with Crippen LogP contribution in [0.5, 0.6) is 0 Å². The van der Waals surface area contributed by atoms with E-state index in [2.05, 4.69) is 45.7 Å². The van der Waals surface area contributed by atoms with E-state index in [-0.39, 0.29) is 37.0 Å². The van der Waals surface area contributed by atoms with Crippen molar-refractivity contribution in [3.05, 3.63) is 65.2 Å². The maximum Gasteiger partial charge on any atom is 0.492 e. The molecule has 1 fully saturated rings. The van der Waals surface area contributed by atoms with Crippen LogP contribution in [0.2, 0.25) is 0 Å². The van der Waals surface area contributed by atoms with Crippen LogP contribution in [0, 0.1) is 17.8 Å². The van der Waals surface area contributed by atoms with Crippen molar-refractivity contribution in [3.8, 4) is 23.0 Å². The van der Waals surface area contributed by atoms with Gasteiger partial charge in [0.25, 0.3) is 5.91 Å². The maximum absolute atomic E-state index is 13.1. The Bertz CT molecular complexity index is 2130. The fraction of sp³-hybridized carbons (Fsp3) is 0.412. The molecule has 2 heterocycles. The average molecular weight is 856 g/mol. The van der Waals surface area contributed by atoms with Gasteiger partial charge in [-0.05, 0) is 40.5 Å². The number of phosphoric ester groups is 2. The molecule has 0 aromatic heterocycles. The molecule has 57 heavy (non-hydrogen) atoms. The highest BCUT2D eigenvalue weighted by Crippen LogP contribution is 2.72. The summed E-state index contributed by atoms with van der Waals surface area (Å²) >= 11 is 0. The molecule has 5 unspecified atom stereocenters. The van der Waals surface area contributed by atoms with Gasteiger partial charge in [0.15, 0.2) is 0 Å². The van der Waals surface area contributed by atoms with Crippen molar-refractivity contribution >= 4 is 53.0 Å². The first-order valence-corrected chi connectivity index (χ1v) is 21.3. The number of anilines is 1. The monoisotopic (exact) mass is 855 g/mol. The highest BCUT2D eigenvalue weighted by Gasteiger charge is 2.48. The summed E-state index contributed by atoms with van der Waals surface area (Å²) in [5.41, 5.74) is 4.31. The standard InChI is InChI=1S/C34H40N3O17P3/c1-20(38)36-22-12-13-25-23-10-6-7-11-24(23)28(26(25)16-22)18-50-34(42)35-14-8-9-21-15-27(33(41)37-32(21)40)30-17-29(39)31(52-30)19-51-56(44,48-4)54-57(45,49-5)53-55(43,46-2)47-3/h6-7,10-13,15-16,27-31,39H,14,17-19H2,1-5H3,(H,35,42)(H,36,38)(H,37,40,41)/t27?,28?,29?,30-,31+,56?,57?/m0/s1. The summed E-state index contributed by atoms with van der Waals surface area (Å²) in [7, 11) is -10.7. The number of amides is 4. The van der Waals surface area contributed by atoms with Crippen molar-refractivity contribution in [2.75, 3.05) is 53.5 Å². The Morgan fingerprint density at radius 2 is 1.58 bits per heavy atom. The third-order valence-corrected chi connectivity index (χ3v) is 14.2. The van der Waals surface area contributed by atoms with E-state index in [1.807, 2.05) is 36.4 Å². The number of aliphatic hydroxyl groups excluding tert-OH is 1. The molecule has 0 radical (unpaired) electrons. The summed E-state index contributed by atoms with van der Waals surface area (Å²) in [6, 6.07) is 13.3. The molecule has 4 N–H and O–H groups in total. The van der Waals surface area contributed by atoms with E-state index in [0.29, 0.717) is 5.69 Å². The molecule has 3 aliphatic rings. The molecule has 1 aliphatic carbocycles. The van der Waals surface area contributed by atoms with Crippen molar-refractivity contribution in [2.45, 2.75) is 37.6 Å². The topological polar surface area (TPSA) is 259 Å². The van der Waals surface area contributed by atoms with Crippen LogP contribution in [0.15, 0.2) is 54.1 Å². The molecule has 2 aromatic carbocycles. The second-order valence-electron chi connectivity index (χ2n) is 12.3. The van der Waals surface area contributed by atoms with Gasteiger partial charge in [-0.15, -0.1) is 0 Å². The van der Waals surface area contributed by atoms with E-state index in [4.69, 9.17) is 22.8 Å². The normalized spacial score (nSPS) is 23.4. The van der Waals surface area contributed by atoms with Gasteiger partial charge in [-0.2, -0.15) is 8.62 Å². The van der Waals surface area contributed by atoms with Crippen molar-refractivity contribution in [1.29, 1.82) is 0 Å². The van der Waals surface area contributed by atoms with Gasteiger partial charge in [-0.1, -0.05) is 42.2 Å². The summed E-state index contributed by atoms with van der Waals surface area (Å²) in [6.07, 6.45) is -3.19. The van der Waals surface area contributed by atoms with Gasteiger partial charge >= 0.3 is 29.6 Å². The number of imide groups is 1. The van der Waals surface area contributed by atoms with Gasteiger partial charge in [-0.25, -0.2) is 18.5 Å². The zero-order chi connectivity index (χ0) is 41.5. The Morgan fingerprint density at radius 3 is 2.26 bits per heavy atom. The maximum atomic E-state index is 13.1. The second kappa shape index (κ2) is 18.7. The molecule has 2 aromatic rings. The molecule has 1 saturated heterocycles. The summed E-state index contributed by atoms with van der Waals surface area (Å²) in [6.45, 7) is 0.494. The summed E-state index contributed by atoms with van der Waals surface area (Å²) in [5, 5.41) is 18.1. The molecular formula is C34H40N3O17P3. The predicted molar refractivity (Wildman–Crippen MR) is 198 cm³/mol. The lowest BCUT2D eigenvalue weighted by molar-refractivity contribution is -0.134. The Labute approximate surface area is 327 Å². The van der Waals surface area contributed by atoms with Crippen molar-refractivity contribution < 1.29 is 78.7 Å². The summed E-state index contributed by atoms with van der Waals surface area (Å²) < 4.78 is 82.7. The SMILES string of the molecule is COP(=O)(OC)OP(=O)(OC)OP(=O)(OC)OC[C@H]1O[C@H](C2C=C(C#CCNC(=O)OCC3c4ccccc4-c4ccc(NC(C)=O)cc43)C(=O)NC2=O)CC1O. The van der Waals surface area contributed by atoms with Gasteiger partial charge < -0.3 is 25.2 Å². The van der Waals surface area contributed by atoms with Gasteiger partial charge in [0.1, 0.15) is 12.7 Å². The Hall–Kier alpha value is -4.05. The highest BCUT2D eigenvalue weighted by atomic mass is 31.3. The molecule has 2 aliphatic heterocycles. The van der Waals surface area contributed by atoms with E-state index >= 15 is 0 Å². The van der Waals surface area contributed by atoms with E-state index < -0.39 is 72.2 Å². The van der Waals surface area contributed by atoms with E-state index in [1.54, 1.807) is 6.07 Å². The minimum absolute atomic E-state index is 0.00616. The molecule has 5 rings (SSSR count). The van der Waals surface area contributed by atoms with E-state index in [9.17, 15) is 38.0 Å². The van der Waals surface area contributed by atoms with Crippen LogP contribution in [0.1, 0.15) is 30.4 Å². The van der Waals surface area contributed by atoms with Crippen molar-refractivity contribution in [1.82, 2.24) is 10.6 Å². The molecule has 0 bridgehead atoms. The van der Waals surface area contributed by atoms with Crippen LogP contribution in [0.25, 0.3) is 11.1 Å². The van der Waals surface area contributed by atoms with Crippen LogP contribution < -0.4 is 16.0 Å². The lowest BCUT2D eigenvalue weighted by Crippen LogP contribution is -2.44. The minimum Gasteiger partial charge on any atom is -0.449 e. The Kier molecular flexibility index (Phi) is 14.4. The number of benzene rings is 2. The zero-order valence-corrected chi connectivity index (χ0v) is 33.8. The first-order chi connectivity index (χ1) is 27.0. The van der Waals surface area contributed by atoms with Crippen LogP contribution >= 0.6 is 23.5 Å². The zero-order valence-electron chi connectivity index (χ0n) is 31.2. The number of carbonyl (C=O) groups excluding carboxylic acids is 4. The number of rotatable bonds is 16. The molecule has 308 valence electrons. The molecular weight excluding hydrogens is 815 g/mol. The lowest BCUT2D eigenvalue weighted by atomic mass is 9.92. The number of alkyl carbamates (subject to hydrolysis) is 1. The van der Waals surface area contributed by atoms with Crippen molar-refractivity contribution in [3.63, 3.8) is 0 Å². The fourth-order valence-corrected chi connectivity index (χ4v) is 10.5. The Balaban J connectivity index is 1.16.